The zero-order valence-electron chi connectivity index (χ0n) is 7.04. The summed E-state index contributed by atoms with van der Waals surface area (Å²) >= 11 is 0. The maximum atomic E-state index is 11.1. The van der Waals surface area contributed by atoms with Gasteiger partial charge in [0.25, 0.3) is 0 Å². The van der Waals surface area contributed by atoms with Crippen molar-refractivity contribution in [3.8, 4) is 0 Å². The van der Waals surface area contributed by atoms with Crippen LogP contribution < -0.4 is 11.1 Å². The highest BCUT2D eigenvalue weighted by Crippen LogP contribution is 2.06. The fraction of sp³-hybridized carbons (Fsp3) is 0.714. The Hall–Kier alpha value is -1.10. The Labute approximate surface area is 70.9 Å². The third-order valence-electron chi connectivity index (χ3n) is 1.62. The smallest absolute Gasteiger partial charge is 0.351 e. The molecule has 5 heteroatoms. The van der Waals surface area contributed by atoms with Gasteiger partial charge in [0.1, 0.15) is 11.9 Å². The van der Waals surface area contributed by atoms with Crippen LogP contribution in [0, 0.1) is 0 Å². The Morgan fingerprint density at radius 3 is 3.00 bits per heavy atom. The molecule has 0 aromatic heterocycles. The fourth-order valence-electron chi connectivity index (χ4n) is 1.07. The van der Waals surface area contributed by atoms with Crippen LogP contribution in [0.5, 0.6) is 0 Å². The summed E-state index contributed by atoms with van der Waals surface area (Å²) in [5.74, 6) is -0.0985. The van der Waals surface area contributed by atoms with Gasteiger partial charge in [0.15, 0.2) is 0 Å². The van der Waals surface area contributed by atoms with Crippen LogP contribution in [0.25, 0.3) is 0 Å². The maximum Gasteiger partial charge on any atom is 0.351 e. The number of nitrogens with zero attached hydrogens (tertiary/aromatic N) is 1. The van der Waals surface area contributed by atoms with Gasteiger partial charge in [0, 0.05) is 0 Å². The molecule has 1 saturated heterocycles. The summed E-state index contributed by atoms with van der Waals surface area (Å²) in [6, 6.07) is -0.201. The Kier molecular flexibility index (Phi) is 3.04. The monoisotopic (exact) mass is 171 g/mol. The summed E-state index contributed by atoms with van der Waals surface area (Å²) in [4.78, 5) is 15.7. The molecule has 0 radical (unpaired) electrons. The van der Waals surface area contributed by atoms with Gasteiger partial charge < -0.3 is 15.9 Å². The van der Waals surface area contributed by atoms with Crippen molar-refractivity contribution in [3.05, 3.63) is 0 Å². The van der Waals surface area contributed by atoms with E-state index in [9.17, 15) is 4.79 Å². The Balaban J connectivity index is 2.32. The third-order valence-corrected chi connectivity index (χ3v) is 1.62. The first-order chi connectivity index (χ1) is 5.70. The SMILES string of the molecule is C/C(N)=N/OC(=O)C1CCCN1. The molecule has 1 fully saturated rings. The van der Waals surface area contributed by atoms with E-state index < -0.39 is 0 Å². The molecule has 5 nitrogen and oxygen atoms in total. The van der Waals surface area contributed by atoms with Crippen molar-refractivity contribution < 1.29 is 9.63 Å². The highest BCUT2D eigenvalue weighted by molar-refractivity contribution is 5.80. The molecule has 0 aromatic carbocycles. The predicted octanol–water partition coefficient (Wildman–Crippen LogP) is -0.426. The lowest BCUT2D eigenvalue weighted by Gasteiger charge is -2.04. The van der Waals surface area contributed by atoms with Gasteiger partial charge in [-0.2, -0.15) is 0 Å². The van der Waals surface area contributed by atoms with E-state index in [-0.39, 0.29) is 17.8 Å². The molecule has 0 aromatic rings. The lowest BCUT2D eigenvalue weighted by Crippen LogP contribution is -2.31. The van der Waals surface area contributed by atoms with Gasteiger partial charge in [0.2, 0.25) is 0 Å². The summed E-state index contributed by atoms with van der Waals surface area (Å²) in [7, 11) is 0. The summed E-state index contributed by atoms with van der Waals surface area (Å²) in [5.41, 5.74) is 5.19. The lowest BCUT2D eigenvalue weighted by atomic mass is 10.2. The standard InChI is InChI=1S/C7H13N3O2/c1-5(8)10-12-7(11)6-3-2-4-9-6/h6,9H,2-4H2,1H3,(H2,8,10). The van der Waals surface area contributed by atoms with Crippen molar-refractivity contribution in [2.45, 2.75) is 25.8 Å². The van der Waals surface area contributed by atoms with E-state index in [0.717, 1.165) is 19.4 Å². The number of nitrogens with two attached hydrogens (primary N) is 1. The average molecular weight is 171 g/mol. The van der Waals surface area contributed by atoms with Gasteiger partial charge in [-0.05, 0) is 26.3 Å². The highest BCUT2D eigenvalue weighted by Gasteiger charge is 2.23. The molecule has 3 N–H and O–H groups in total. The molecule has 1 unspecified atom stereocenters. The van der Waals surface area contributed by atoms with Crippen molar-refractivity contribution in [1.82, 2.24) is 5.32 Å². The van der Waals surface area contributed by atoms with Crippen molar-refractivity contribution >= 4 is 11.8 Å². The first-order valence-electron chi connectivity index (χ1n) is 3.94. The van der Waals surface area contributed by atoms with Gasteiger partial charge in [-0.3, -0.25) is 0 Å². The Morgan fingerprint density at radius 2 is 2.50 bits per heavy atom. The molecule has 1 atom stereocenters. The molecular weight excluding hydrogens is 158 g/mol. The highest BCUT2D eigenvalue weighted by atomic mass is 16.7. The normalized spacial score (nSPS) is 24.1. The van der Waals surface area contributed by atoms with Crippen molar-refractivity contribution in [2.75, 3.05) is 6.54 Å². The van der Waals surface area contributed by atoms with E-state index in [4.69, 9.17) is 5.73 Å². The van der Waals surface area contributed by atoms with Crippen LogP contribution in [0.3, 0.4) is 0 Å². The minimum Gasteiger partial charge on any atom is -0.385 e. The summed E-state index contributed by atoms with van der Waals surface area (Å²) in [6.45, 7) is 2.43. The van der Waals surface area contributed by atoms with E-state index in [1.807, 2.05) is 0 Å². The van der Waals surface area contributed by atoms with Crippen LogP contribution in [0.1, 0.15) is 19.8 Å². The molecule has 1 aliphatic heterocycles. The molecule has 12 heavy (non-hydrogen) atoms. The number of nitrogens with one attached hydrogen (secondary N) is 1. The molecule has 0 amide bonds. The summed E-state index contributed by atoms with van der Waals surface area (Å²) < 4.78 is 0. The molecule has 1 heterocycles. The van der Waals surface area contributed by atoms with Gasteiger partial charge in [-0.25, -0.2) is 4.79 Å². The van der Waals surface area contributed by atoms with Crippen LogP contribution in [0.2, 0.25) is 0 Å². The van der Waals surface area contributed by atoms with Gasteiger partial charge in [0.05, 0.1) is 0 Å². The zero-order valence-corrected chi connectivity index (χ0v) is 7.04. The van der Waals surface area contributed by atoms with Crippen LogP contribution in [0.15, 0.2) is 5.16 Å². The van der Waals surface area contributed by atoms with E-state index in [1.54, 1.807) is 6.92 Å². The quantitative estimate of drug-likeness (QED) is 0.256. The fourth-order valence-corrected chi connectivity index (χ4v) is 1.07. The predicted molar refractivity (Wildman–Crippen MR) is 44.4 cm³/mol. The van der Waals surface area contributed by atoms with Gasteiger partial charge in [-0.15, -0.1) is 0 Å². The Morgan fingerprint density at radius 1 is 1.75 bits per heavy atom. The van der Waals surface area contributed by atoms with E-state index in [2.05, 4.69) is 15.3 Å². The number of oxime groups is 1. The number of hydrogen-bond acceptors (Lipinski definition) is 4. The molecule has 0 aliphatic carbocycles. The number of carbonyl (C=O) groups is 1. The molecular formula is C7H13N3O2. The Bertz CT molecular complexity index is 193. The van der Waals surface area contributed by atoms with Crippen molar-refractivity contribution in [1.29, 1.82) is 0 Å². The minimum absolute atomic E-state index is 0.201. The topological polar surface area (TPSA) is 76.7 Å². The number of carbonyl (C=O) groups excluding carboxylic acids is 1. The number of amidine groups is 1. The average Bonchev–Trinajstić information content (AvgIpc) is 2.51. The zero-order chi connectivity index (χ0) is 8.97. The first-order valence-corrected chi connectivity index (χ1v) is 3.94. The summed E-state index contributed by atoms with van der Waals surface area (Å²) in [5, 5.41) is 6.37. The maximum absolute atomic E-state index is 11.1. The van der Waals surface area contributed by atoms with E-state index >= 15 is 0 Å². The van der Waals surface area contributed by atoms with E-state index in [1.165, 1.54) is 0 Å². The van der Waals surface area contributed by atoms with Crippen LogP contribution in [-0.4, -0.2) is 24.4 Å². The molecule has 1 rings (SSSR count). The van der Waals surface area contributed by atoms with Crippen LogP contribution >= 0.6 is 0 Å². The molecule has 0 bridgehead atoms. The molecule has 68 valence electrons. The van der Waals surface area contributed by atoms with Crippen molar-refractivity contribution in [2.24, 2.45) is 10.9 Å². The first kappa shape index (κ1) is 8.99. The second kappa shape index (κ2) is 4.06. The second-order valence-electron chi connectivity index (χ2n) is 2.79. The lowest BCUT2D eigenvalue weighted by molar-refractivity contribution is -0.145. The van der Waals surface area contributed by atoms with E-state index in [0.29, 0.717) is 0 Å². The molecule has 0 saturated carbocycles. The van der Waals surface area contributed by atoms with Gasteiger partial charge in [-0.1, -0.05) is 5.16 Å². The largest absolute Gasteiger partial charge is 0.385 e. The number of rotatable bonds is 2. The number of hydrogen-bond donors (Lipinski definition) is 2. The molecule has 1 aliphatic rings. The molecule has 0 spiro atoms. The minimum atomic E-state index is -0.350. The van der Waals surface area contributed by atoms with Crippen LogP contribution in [-0.2, 0) is 9.63 Å². The van der Waals surface area contributed by atoms with Crippen molar-refractivity contribution in [3.63, 3.8) is 0 Å². The van der Waals surface area contributed by atoms with Gasteiger partial charge >= 0.3 is 5.97 Å². The van der Waals surface area contributed by atoms with Crippen LogP contribution in [0.4, 0.5) is 0 Å². The third kappa shape index (κ3) is 2.50. The summed E-state index contributed by atoms with van der Waals surface area (Å²) in [6.07, 6.45) is 1.82. The second-order valence-corrected chi connectivity index (χ2v) is 2.79.